The van der Waals surface area contributed by atoms with Crippen molar-refractivity contribution in [2.45, 2.75) is 51.7 Å². The van der Waals surface area contributed by atoms with Crippen LogP contribution in [0.15, 0.2) is 61.1 Å². The molecule has 0 fully saturated rings. The average Bonchev–Trinajstić information content (AvgIpc) is 3.29. The van der Waals surface area contributed by atoms with Crippen LogP contribution in [0.5, 0.6) is 0 Å². The van der Waals surface area contributed by atoms with Gasteiger partial charge in [0, 0.05) is 37.9 Å². The van der Waals surface area contributed by atoms with Crippen LogP contribution in [-0.4, -0.2) is 39.5 Å². The molecule has 0 radical (unpaired) electrons. The van der Waals surface area contributed by atoms with Gasteiger partial charge in [-0.05, 0) is 48.2 Å². The van der Waals surface area contributed by atoms with Crippen LogP contribution in [-0.2, 0) is 30.7 Å². The number of nitrogens with zero attached hydrogens (tertiary/aromatic N) is 4. The van der Waals surface area contributed by atoms with Gasteiger partial charge in [0.05, 0.1) is 24.0 Å². The molecule has 1 aliphatic heterocycles. The Bertz CT molecular complexity index is 1110. The van der Waals surface area contributed by atoms with Crippen molar-refractivity contribution >= 4 is 5.91 Å². The molecule has 1 unspecified atom stereocenters. The van der Waals surface area contributed by atoms with Crippen molar-refractivity contribution in [1.82, 2.24) is 19.8 Å². The predicted octanol–water partition coefficient (Wildman–Crippen LogP) is 3.69. The summed E-state index contributed by atoms with van der Waals surface area (Å²) < 4.78 is 2.10. The van der Waals surface area contributed by atoms with Crippen molar-refractivity contribution in [2.75, 3.05) is 13.1 Å². The molecule has 1 N–H and O–H groups in total. The molecule has 33 heavy (non-hydrogen) atoms. The van der Waals surface area contributed by atoms with Crippen molar-refractivity contribution in [2.24, 2.45) is 0 Å². The zero-order valence-corrected chi connectivity index (χ0v) is 19.2. The lowest BCUT2D eigenvalue weighted by molar-refractivity contribution is -0.127. The van der Waals surface area contributed by atoms with E-state index in [2.05, 4.69) is 57.0 Å². The highest BCUT2D eigenvalue weighted by atomic mass is 16.2. The number of nitriles is 1. The van der Waals surface area contributed by atoms with Gasteiger partial charge in [0.1, 0.15) is 0 Å². The Morgan fingerprint density at radius 1 is 1.18 bits per heavy atom. The minimum atomic E-state index is -0.116. The molecule has 3 aromatic rings. The molecule has 1 aromatic heterocycles. The number of aromatic nitrogens is 2. The van der Waals surface area contributed by atoms with E-state index in [1.807, 2.05) is 36.8 Å². The Balaban J connectivity index is 1.35. The Morgan fingerprint density at radius 3 is 2.73 bits per heavy atom. The maximum atomic E-state index is 13.1. The molecule has 0 bridgehead atoms. The summed E-state index contributed by atoms with van der Waals surface area (Å²) in [5, 5.41) is 12.1. The van der Waals surface area contributed by atoms with E-state index in [9.17, 15) is 4.79 Å². The van der Waals surface area contributed by atoms with E-state index in [4.69, 9.17) is 5.26 Å². The molecule has 2 aromatic carbocycles. The van der Waals surface area contributed by atoms with Crippen LogP contribution in [0, 0.1) is 11.3 Å². The first-order valence-corrected chi connectivity index (χ1v) is 11.7. The van der Waals surface area contributed by atoms with E-state index in [-0.39, 0.29) is 11.9 Å². The number of imidazole rings is 1. The number of amides is 1. The Morgan fingerprint density at radius 2 is 1.97 bits per heavy atom. The third kappa shape index (κ3) is 5.68. The second-order valence-electron chi connectivity index (χ2n) is 8.68. The number of fused-ring (bicyclic) bond motifs is 1. The summed E-state index contributed by atoms with van der Waals surface area (Å²) in [5.41, 5.74) is 5.47. The van der Waals surface area contributed by atoms with E-state index in [1.165, 1.54) is 11.1 Å². The van der Waals surface area contributed by atoms with Gasteiger partial charge in [-0.2, -0.15) is 5.26 Å². The predicted molar refractivity (Wildman–Crippen MR) is 128 cm³/mol. The van der Waals surface area contributed by atoms with E-state index < -0.39 is 0 Å². The molecule has 4 rings (SSSR count). The van der Waals surface area contributed by atoms with Crippen molar-refractivity contribution in [3.05, 3.63) is 89.0 Å². The number of benzene rings is 2. The van der Waals surface area contributed by atoms with Gasteiger partial charge in [0.25, 0.3) is 0 Å². The molecule has 1 aliphatic rings. The van der Waals surface area contributed by atoms with Crippen molar-refractivity contribution in [3.8, 4) is 6.07 Å². The van der Waals surface area contributed by atoms with E-state index in [1.54, 1.807) is 0 Å². The van der Waals surface area contributed by atoms with Crippen molar-refractivity contribution in [3.63, 3.8) is 0 Å². The number of carbonyl (C=O) groups excluding carboxylic acids is 1. The molecular weight excluding hydrogens is 410 g/mol. The number of hydrogen-bond donors (Lipinski definition) is 1. The van der Waals surface area contributed by atoms with Crippen molar-refractivity contribution < 1.29 is 4.79 Å². The maximum Gasteiger partial charge on any atom is 0.237 e. The molecule has 0 saturated heterocycles. The lowest BCUT2D eigenvalue weighted by Crippen LogP contribution is -2.50. The minimum absolute atomic E-state index is 0.110. The van der Waals surface area contributed by atoms with E-state index in [0.717, 1.165) is 50.0 Å². The zero-order valence-electron chi connectivity index (χ0n) is 19.2. The molecule has 0 saturated carbocycles. The fraction of sp³-hybridized carbons (Fsp3) is 0.370. The first-order chi connectivity index (χ1) is 16.2. The van der Waals surface area contributed by atoms with Gasteiger partial charge in [-0.3, -0.25) is 9.69 Å². The molecule has 6 heteroatoms. The first-order valence-electron chi connectivity index (χ1n) is 11.7. The Labute approximate surface area is 195 Å². The quantitative estimate of drug-likeness (QED) is 0.550. The molecule has 0 aliphatic carbocycles. The van der Waals surface area contributed by atoms with Gasteiger partial charge >= 0.3 is 0 Å². The van der Waals surface area contributed by atoms with Crippen LogP contribution in [0.1, 0.15) is 47.7 Å². The molecule has 1 atom stereocenters. The lowest BCUT2D eigenvalue weighted by atomic mass is 9.93. The summed E-state index contributed by atoms with van der Waals surface area (Å²) in [6.45, 7) is 5.25. The van der Waals surface area contributed by atoms with Gasteiger partial charge in [0.2, 0.25) is 5.91 Å². The fourth-order valence-electron chi connectivity index (χ4n) is 4.44. The second kappa shape index (κ2) is 10.9. The zero-order chi connectivity index (χ0) is 23.0. The van der Waals surface area contributed by atoms with E-state index >= 15 is 0 Å². The molecule has 1 amide bonds. The van der Waals surface area contributed by atoms with Gasteiger partial charge in [-0.25, -0.2) is 4.98 Å². The van der Waals surface area contributed by atoms with Gasteiger partial charge in [-0.1, -0.05) is 49.7 Å². The van der Waals surface area contributed by atoms with Crippen LogP contribution in [0.2, 0.25) is 0 Å². The summed E-state index contributed by atoms with van der Waals surface area (Å²) >= 11 is 0. The Kier molecular flexibility index (Phi) is 7.54. The van der Waals surface area contributed by atoms with Crippen LogP contribution >= 0.6 is 0 Å². The highest BCUT2D eigenvalue weighted by Crippen LogP contribution is 2.24. The normalized spacial score (nSPS) is 15.6. The fourth-order valence-corrected chi connectivity index (χ4v) is 4.44. The van der Waals surface area contributed by atoms with Crippen molar-refractivity contribution in [1.29, 1.82) is 5.26 Å². The average molecular weight is 442 g/mol. The summed E-state index contributed by atoms with van der Waals surface area (Å²) in [4.78, 5) is 19.8. The van der Waals surface area contributed by atoms with Crippen LogP contribution in [0.4, 0.5) is 0 Å². The Hall–Kier alpha value is -3.43. The van der Waals surface area contributed by atoms with Crippen LogP contribution in [0.3, 0.4) is 0 Å². The number of hydrogen-bond acceptors (Lipinski definition) is 4. The molecular formula is C27H31N5O. The van der Waals surface area contributed by atoms with Crippen LogP contribution in [0.25, 0.3) is 0 Å². The topological polar surface area (TPSA) is 74.0 Å². The largest absolute Gasteiger partial charge is 0.354 e. The molecule has 0 spiro atoms. The number of nitrogens with one attached hydrogen (secondary N) is 1. The van der Waals surface area contributed by atoms with Crippen LogP contribution < -0.4 is 5.32 Å². The molecule has 170 valence electrons. The molecule has 2 heterocycles. The SMILES string of the molecule is CCCCN1Cc2ccccc2CC1C(=O)NCCc1cncn1Cc1ccc(C#N)cc1. The molecule has 6 nitrogen and oxygen atoms in total. The summed E-state index contributed by atoms with van der Waals surface area (Å²) in [6, 6.07) is 18.1. The lowest BCUT2D eigenvalue weighted by Gasteiger charge is -2.36. The third-order valence-corrected chi connectivity index (χ3v) is 6.36. The smallest absolute Gasteiger partial charge is 0.237 e. The maximum absolute atomic E-state index is 13.1. The third-order valence-electron chi connectivity index (χ3n) is 6.36. The second-order valence-corrected chi connectivity index (χ2v) is 8.68. The summed E-state index contributed by atoms with van der Waals surface area (Å²) in [5.74, 6) is 0.110. The standard InChI is InChI=1S/C27H31N5O/c1-2-3-14-31-19-24-7-5-4-6-23(24)15-26(31)27(33)30-13-12-25-17-29-20-32(25)18-22-10-8-21(16-28)9-11-22/h4-11,17,20,26H,2-3,12-15,18-19H2,1H3,(H,30,33). The number of carbonyl (C=O) groups is 1. The van der Waals surface area contributed by atoms with Gasteiger partial charge in [0.15, 0.2) is 0 Å². The highest BCUT2D eigenvalue weighted by molar-refractivity contribution is 5.82. The summed E-state index contributed by atoms with van der Waals surface area (Å²) in [7, 11) is 0. The highest BCUT2D eigenvalue weighted by Gasteiger charge is 2.30. The minimum Gasteiger partial charge on any atom is -0.354 e. The monoisotopic (exact) mass is 441 g/mol. The van der Waals surface area contributed by atoms with Gasteiger partial charge in [-0.15, -0.1) is 0 Å². The van der Waals surface area contributed by atoms with E-state index in [0.29, 0.717) is 18.7 Å². The first kappa shape index (κ1) is 22.8. The number of unbranched alkanes of at least 4 members (excludes halogenated alkanes) is 1. The number of rotatable bonds is 9. The van der Waals surface area contributed by atoms with Gasteiger partial charge < -0.3 is 9.88 Å². The summed E-state index contributed by atoms with van der Waals surface area (Å²) in [6.07, 6.45) is 7.39.